The summed E-state index contributed by atoms with van der Waals surface area (Å²) in [6.45, 7) is 11.1. The van der Waals surface area contributed by atoms with Gasteiger partial charge in [-0.2, -0.15) is 0 Å². The fraction of sp³-hybridized carbons (Fsp3) is 0.667. The number of para-hydroxylation sites is 1. The Morgan fingerprint density at radius 3 is 2.68 bits per heavy atom. The Bertz CT molecular complexity index is 565. The minimum atomic E-state index is 0. The number of rotatable bonds is 8. The first kappa shape index (κ1) is 23.2. The molecule has 3 rings (SSSR count). The second-order valence-electron chi connectivity index (χ2n) is 7.33. The van der Waals surface area contributed by atoms with Crippen molar-refractivity contribution >= 4 is 35.6 Å². The van der Waals surface area contributed by atoms with Crippen LogP contribution in [0, 0.1) is 0 Å². The van der Waals surface area contributed by atoms with Gasteiger partial charge >= 0.3 is 0 Å². The molecule has 0 aromatic heterocycles. The van der Waals surface area contributed by atoms with Crippen molar-refractivity contribution in [2.24, 2.45) is 4.99 Å². The Labute approximate surface area is 187 Å². The summed E-state index contributed by atoms with van der Waals surface area (Å²) in [5, 5.41) is 7.02. The highest BCUT2D eigenvalue weighted by molar-refractivity contribution is 14.0. The third kappa shape index (κ3) is 7.75. The maximum Gasteiger partial charge on any atom is 0.191 e. The molecule has 7 heteroatoms. The van der Waals surface area contributed by atoms with Crippen LogP contribution in [0.2, 0.25) is 0 Å². The molecule has 0 amide bonds. The van der Waals surface area contributed by atoms with Crippen LogP contribution in [-0.4, -0.2) is 75.9 Å². The highest BCUT2D eigenvalue weighted by atomic mass is 127. The van der Waals surface area contributed by atoms with Gasteiger partial charge in [-0.3, -0.25) is 9.89 Å². The van der Waals surface area contributed by atoms with E-state index in [4.69, 9.17) is 9.73 Å². The molecule has 1 aromatic rings. The molecule has 0 spiro atoms. The van der Waals surface area contributed by atoms with Crippen LogP contribution in [0.1, 0.15) is 26.2 Å². The molecular formula is C21H36IN5O. The lowest BCUT2D eigenvalue weighted by Crippen LogP contribution is -2.44. The fourth-order valence-corrected chi connectivity index (χ4v) is 3.73. The maximum atomic E-state index is 5.40. The Hall–Kier alpha value is -1.06. The summed E-state index contributed by atoms with van der Waals surface area (Å²) in [6.07, 6.45) is 3.49. The predicted octanol–water partition coefficient (Wildman–Crippen LogP) is 2.55. The minimum absolute atomic E-state index is 0. The molecule has 2 heterocycles. The molecule has 2 aliphatic rings. The van der Waals surface area contributed by atoms with Gasteiger partial charge in [0.25, 0.3) is 0 Å². The van der Waals surface area contributed by atoms with Crippen LogP contribution in [0.25, 0.3) is 0 Å². The van der Waals surface area contributed by atoms with E-state index in [-0.39, 0.29) is 24.0 Å². The molecule has 2 saturated heterocycles. The quantitative estimate of drug-likeness (QED) is 0.248. The van der Waals surface area contributed by atoms with E-state index in [2.05, 4.69) is 57.7 Å². The summed E-state index contributed by atoms with van der Waals surface area (Å²) in [5.74, 6) is 0.962. The fourth-order valence-electron chi connectivity index (χ4n) is 3.73. The molecule has 2 N–H and O–H groups in total. The molecular weight excluding hydrogens is 465 g/mol. The number of halogens is 1. The van der Waals surface area contributed by atoms with Crippen molar-refractivity contribution in [3.8, 4) is 0 Å². The third-order valence-corrected chi connectivity index (χ3v) is 5.25. The van der Waals surface area contributed by atoms with Gasteiger partial charge < -0.3 is 20.3 Å². The van der Waals surface area contributed by atoms with Crippen LogP contribution >= 0.6 is 24.0 Å². The molecule has 1 atom stereocenters. The molecule has 0 radical (unpaired) electrons. The first-order valence-corrected chi connectivity index (χ1v) is 10.5. The minimum Gasteiger partial charge on any atom is -0.379 e. The number of benzene rings is 1. The van der Waals surface area contributed by atoms with Gasteiger partial charge in [0.15, 0.2) is 5.96 Å². The van der Waals surface area contributed by atoms with Crippen LogP contribution in [0.3, 0.4) is 0 Å². The summed E-state index contributed by atoms with van der Waals surface area (Å²) >= 11 is 0. The Balaban J connectivity index is 0.00000280. The second kappa shape index (κ2) is 13.2. The zero-order valence-corrected chi connectivity index (χ0v) is 19.4. The van der Waals surface area contributed by atoms with Crippen LogP contribution in [0.4, 0.5) is 5.69 Å². The van der Waals surface area contributed by atoms with E-state index in [1.807, 2.05) is 0 Å². The van der Waals surface area contributed by atoms with Gasteiger partial charge in [0.2, 0.25) is 0 Å². The van der Waals surface area contributed by atoms with Crippen molar-refractivity contribution in [1.82, 2.24) is 15.5 Å². The van der Waals surface area contributed by atoms with Crippen molar-refractivity contribution in [3.63, 3.8) is 0 Å². The summed E-state index contributed by atoms with van der Waals surface area (Å²) in [5.41, 5.74) is 1.31. The van der Waals surface area contributed by atoms with E-state index >= 15 is 0 Å². The van der Waals surface area contributed by atoms with Crippen molar-refractivity contribution in [1.29, 1.82) is 0 Å². The first-order valence-electron chi connectivity index (χ1n) is 10.5. The van der Waals surface area contributed by atoms with E-state index in [1.165, 1.54) is 12.1 Å². The van der Waals surface area contributed by atoms with Crippen LogP contribution in [0.5, 0.6) is 0 Å². The lowest BCUT2D eigenvalue weighted by atomic mass is 10.2. The summed E-state index contributed by atoms with van der Waals surface area (Å²) in [7, 11) is 0. The van der Waals surface area contributed by atoms with Crippen molar-refractivity contribution < 1.29 is 4.74 Å². The normalized spacial score (nSPS) is 20.7. The van der Waals surface area contributed by atoms with E-state index < -0.39 is 0 Å². The molecule has 0 saturated carbocycles. The molecule has 2 aliphatic heterocycles. The molecule has 0 aliphatic carbocycles. The monoisotopic (exact) mass is 501 g/mol. The highest BCUT2D eigenvalue weighted by Gasteiger charge is 2.23. The number of unbranched alkanes of at least 4 members (excludes halogenated alkanes) is 1. The summed E-state index contributed by atoms with van der Waals surface area (Å²) in [4.78, 5) is 9.73. The van der Waals surface area contributed by atoms with Gasteiger partial charge in [-0.15, -0.1) is 24.0 Å². The predicted molar refractivity (Wildman–Crippen MR) is 128 cm³/mol. The zero-order valence-electron chi connectivity index (χ0n) is 17.1. The Kier molecular flexibility index (Phi) is 11.0. The summed E-state index contributed by atoms with van der Waals surface area (Å²) in [6, 6.07) is 11.1. The average molecular weight is 501 g/mol. The Morgan fingerprint density at radius 2 is 1.93 bits per heavy atom. The van der Waals surface area contributed by atoms with E-state index in [1.54, 1.807) is 0 Å². The number of guanidine groups is 1. The number of hydrogen-bond acceptors (Lipinski definition) is 4. The van der Waals surface area contributed by atoms with Gasteiger partial charge in [-0.25, -0.2) is 0 Å². The largest absolute Gasteiger partial charge is 0.379 e. The molecule has 6 nitrogen and oxygen atoms in total. The Morgan fingerprint density at radius 1 is 1.14 bits per heavy atom. The van der Waals surface area contributed by atoms with E-state index in [0.717, 1.165) is 77.8 Å². The number of nitrogens with one attached hydrogen (secondary N) is 2. The lowest BCUT2D eigenvalue weighted by Gasteiger charge is -2.26. The van der Waals surface area contributed by atoms with E-state index in [9.17, 15) is 0 Å². The lowest BCUT2D eigenvalue weighted by molar-refractivity contribution is 0.0373. The van der Waals surface area contributed by atoms with Crippen molar-refractivity contribution in [2.75, 3.05) is 63.9 Å². The van der Waals surface area contributed by atoms with Crippen LogP contribution < -0.4 is 15.5 Å². The maximum absolute atomic E-state index is 5.40. The van der Waals surface area contributed by atoms with E-state index in [0.29, 0.717) is 6.04 Å². The number of anilines is 1. The molecule has 1 unspecified atom stereocenters. The van der Waals surface area contributed by atoms with Gasteiger partial charge in [-0.1, -0.05) is 18.2 Å². The van der Waals surface area contributed by atoms with Gasteiger partial charge in [0.05, 0.1) is 13.2 Å². The number of aliphatic imine (C=N–C) groups is 1. The molecule has 28 heavy (non-hydrogen) atoms. The number of nitrogens with zero attached hydrogens (tertiary/aromatic N) is 3. The smallest absolute Gasteiger partial charge is 0.191 e. The topological polar surface area (TPSA) is 52.1 Å². The molecule has 2 fully saturated rings. The standard InChI is InChI=1S/C21H35N5O.HI/c1-2-22-21(23-11-6-7-12-25-14-16-27-17-15-25)24-19-10-13-26(18-19)20-8-4-3-5-9-20;/h3-5,8-9,19H,2,6-7,10-18H2,1H3,(H2,22,23,24);1H. The van der Waals surface area contributed by atoms with Crippen LogP contribution in [0.15, 0.2) is 35.3 Å². The van der Waals surface area contributed by atoms with Crippen molar-refractivity contribution in [3.05, 3.63) is 30.3 Å². The highest BCUT2D eigenvalue weighted by Crippen LogP contribution is 2.19. The zero-order chi connectivity index (χ0) is 18.7. The third-order valence-electron chi connectivity index (χ3n) is 5.25. The summed E-state index contributed by atoms with van der Waals surface area (Å²) < 4.78 is 5.40. The SMILES string of the molecule is CCNC(=NCCCCN1CCOCC1)NC1CCN(c2ccccc2)C1.I. The average Bonchev–Trinajstić information content (AvgIpc) is 3.18. The van der Waals surface area contributed by atoms with Crippen molar-refractivity contribution in [2.45, 2.75) is 32.2 Å². The molecule has 1 aromatic carbocycles. The molecule has 158 valence electrons. The number of morpholine rings is 1. The van der Waals surface area contributed by atoms with Gasteiger partial charge in [0, 0.05) is 51.0 Å². The molecule has 0 bridgehead atoms. The number of ether oxygens (including phenoxy) is 1. The number of hydrogen-bond donors (Lipinski definition) is 2. The van der Waals surface area contributed by atoms with Gasteiger partial charge in [-0.05, 0) is 44.9 Å². The van der Waals surface area contributed by atoms with Gasteiger partial charge in [0.1, 0.15) is 0 Å². The first-order chi connectivity index (χ1) is 13.3. The van der Waals surface area contributed by atoms with Crippen LogP contribution in [-0.2, 0) is 4.74 Å². The second-order valence-corrected chi connectivity index (χ2v) is 7.33.